The normalized spacial score (nSPS) is 48.7. The number of benzene rings is 1. The minimum absolute atomic E-state index is 0.00294. The molecule has 14 atom stereocenters. The maximum absolute atomic E-state index is 14.0. The molecule has 12 heteroatoms. The van der Waals surface area contributed by atoms with Gasteiger partial charge in [0.2, 0.25) is 11.8 Å². The summed E-state index contributed by atoms with van der Waals surface area (Å²) >= 11 is 0. The molecule has 262 valence electrons. The van der Waals surface area contributed by atoms with Crippen LogP contribution in [0.2, 0.25) is 0 Å². The maximum atomic E-state index is 14.0. The zero-order valence-corrected chi connectivity index (χ0v) is 28.3. The molecule has 3 N–H and O–H groups in total. The van der Waals surface area contributed by atoms with E-state index in [1.165, 1.54) is 0 Å². The van der Waals surface area contributed by atoms with Gasteiger partial charge in [-0.25, -0.2) is 9.69 Å². The Bertz CT molecular complexity index is 1540. The van der Waals surface area contributed by atoms with Crippen LogP contribution in [-0.2, 0) is 28.5 Å². The van der Waals surface area contributed by atoms with E-state index in [1.54, 1.807) is 52.5 Å². The number of aliphatic hydroxyl groups is 3. The van der Waals surface area contributed by atoms with E-state index < -0.39 is 64.2 Å². The second-order valence-electron chi connectivity index (χ2n) is 15.7. The summed E-state index contributed by atoms with van der Waals surface area (Å²) in [5.74, 6) is -3.18. The first kappa shape index (κ1) is 32.7. The number of hydrogen-bond acceptors (Lipinski definition) is 11. The number of imide groups is 1. The summed E-state index contributed by atoms with van der Waals surface area (Å²) in [6, 6.07) is 6.01. The number of nitrogens with zero attached hydrogens (tertiary/aromatic N) is 2. The third-order valence-corrected chi connectivity index (χ3v) is 14.3. The van der Waals surface area contributed by atoms with E-state index in [4.69, 9.17) is 18.9 Å². The number of carbonyl (C=O) groups is 3. The fourth-order valence-corrected chi connectivity index (χ4v) is 12.9. The van der Waals surface area contributed by atoms with Crippen LogP contribution in [0.5, 0.6) is 0 Å². The maximum Gasteiger partial charge on any atom is 0.340 e. The Hall–Kier alpha value is -2.45. The zero-order valence-electron chi connectivity index (χ0n) is 28.3. The fourth-order valence-electron chi connectivity index (χ4n) is 12.9. The topological polar surface area (TPSA) is 155 Å². The first-order chi connectivity index (χ1) is 22.9. The van der Waals surface area contributed by atoms with E-state index in [-0.39, 0.29) is 66.4 Å². The molecule has 1 unspecified atom stereocenters. The van der Waals surface area contributed by atoms with E-state index >= 15 is 0 Å². The highest BCUT2D eigenvalue weighted by molar-refractivity contribution is 6.22. The average molecular weight is 669 g/mol. The van der Waals surface area contributed by atoms with Gasteiger partial charge in [-0.05, 0) is 43.9 Å². The number of para-hydroxylation sites is 1. The van der Waals surface area contributed by atoms with Crippen molar-refractivity contribution in [2.45, 2.75) is 87.6 Å². The molecule has 7 fully saturated rings. The average Bonchev–Trinajstić information content (AvgIpc) is 3.56. The first-order valence-electron chi connectivity index (χ1n) is 17.5. The van der Waals surface area contributed by atoms with Crippen molar-refractivity contribution >= 4 is 23.5 Å². The number of likely N-dealkylation sites (tertiary alicyclic amines) is 1. The molecule has 1 aromatic rings. The molecule has 48 heavy (non-hydrogen) atoms. The number of amides is 2. The summed E-state index contributed by atoms with van der Waals surface area (Å²) in [6.45, 7) is 4.81. The van der Waals surface area contributed by atoms with Crippen LogP contribution in [0, 0.1) is 40.4 Å². The Morgan fingerprint density at radius 2 is 1.83 bits per heavy atom. The number of anilines is 1. The summed E-state index contributed by atoms with van der Waals surface area (Å²) in [5.41, 5.74) is -4.53. The number of methoxy groups -OCH3 is 3. The number of likely N-dealkylation sites (N-methyl/N-ethyl adjacent to an activating group) is 1. The van der Waals surface area contributed by atoms with Crippen LogP contribution < -0.4 is 4.90 Å². The third-order valence-electron chi connectivity index (χ3n) is 14.3. The highest BCUT2D eigenvalue weighted by Gasteiger charge is 2.91. The summed E-state index contributed by atoms with van der Waals surface area (Å²) in [7, 11) is 4.87. The number of carbonyl (C=O) groups excluding carboxylic acids is 3. The second-order valence-corrected chi connectivity index (χ2v) is 15.7. The lowest BCUT2D eigenvalue weighted by molar-refractivity contribution is -0.318. The lowest BCUT2D eigenvalue weighted by atomic mass is 9.42. The van der Waals surface area contributed by atoms with Gasteiger partial charge in [0.25, 0.3) is 0 Å². The van der Waals surface area contributed by atoms with Crippen molar-refractivity contribution in [3.05, 3.63) is 29.8 Å². The first-order valence-corrected chi connectivity index (χ1v) is 17.5. The van der Waals surface area contributed by atoms with Gasteiger partial charge < -0.3 is 34.3 Å². The van der Waals surface area contributed by atoms with Crippen molar-refractivity contribution in [2.75, 3.05) is 45.9 Å². The Kier molecular flexibility index (Phi) is 7.35. The molecule has 7 bridgehead atoms. The number of rotatable bonds is 8. The molecule has 2 aliphatic heterocycles. The monoisotopic (exact) mass is 668 g/mol. The number of hydrogen-bond donors (Lipinski definition) is 3. The Morgan fingerprint density at radius 3 is 2.48 bits per heavy atom. The molecule has 5 saturated carbocycles. The minimum Gasteiger partial charge on any atom is -0.461 e. The van der Waals surface area contributed by atoms with E-state index in [0.29, 0.717) is 32.4 Å². The van der Waals surface area contributed by atoms with Crippen LogP contribution in [0.4, 0.5) is 5.69 Å². The van der Waals surface area contributed by atoms with Gasteiger partial charge >= 0.3 is 5.97 Å². The lowest BCUT2D eigenvalue weighted by Crippen LogP contribution is -2.82. The molecular weight excluding hydrogens is 620 g/mol. The van der Waals surface area contributed by atoms with Crippen molar-refractivity contribution < 1.29 is 48.7 Å². The molecule has 12 nitrogen and oxygen atoms in total. The Balaban J connectivity index is 1.23. The predicted molar refractivity (Wildman–Crippen MR) is 170 cm³/mol. The Morgan fingerprint density at radius 1 is 1.08 bits per heavy atom. The Labute approximate surface area is 280 Å². The van der Waals surface area contributed by atoms with Gasteiger partial charge in [-0.3, -0.25) is 14.5 Å². The smallest absolute Gasteiger partial charge is 0.340 e. The largest absolute Gasteiger partial charge is 0.461 e. The molecule has 8 rings (SSSR count). The zero-order chi connectivity index (χ0) is 34.1. The minimum atomic E-state index is -1.77. The molecule has 1 aromatic carbocycles. The molecule has 5 aliphatic carbocycles. The highest BCUT2D eigenvalue weighted by atomic mass is 16.5. The van der Waals surface area contributed by atoms with Crippen LogP contribution in [0.1, 0.15) is 56.3 Å². The van der Waals surface area contributed by atoms with Crippen molar-refractivity contribution in [3.8, 4) is 0 Å². The number of esters is 1. The van der Waals surface area contributed by atoms with E-state index in [0.717, 1.165) is 4.90 Å². The molecule has 7 aliphatic rings. The fraction of sp³-hybridized carbons (Fsp3) is 0.750. The van der Waals surface area contributed by atoms with Gasteiger partial charge in [-0.15, -0.1) is 0 Å². The number of ether oxygens (including phenoxy) is 4. The van der Waals surface area contributed by atoms with Gasteiger partial charge in [0.15, 0.2) is 0 Å². The van der Waals surface area contributed by atoms with Gasteiger partial charge in [0, 0.05) is 75.2 Å². The molecule has 0 aromatic heterocycles. The van der Waals surface area contributed by atoms with Crippen LogP contribution in [0.25, 0.3) is 0 Å². The number of fused-ring (bicyclic) bond motifs is 2. The van der Waals surface area contributed by atoms with E-state index in [9.17, 15) is 29.7 Å². The van der Waals surface area contributed by atoms with Crippen molar-refractivity contribution in [1.82, 2.24) is 4.90 Å². The van der Waals surface area contributed by atoms with Gasteiger partial charge in [-0.1, -0.05) is 26.0 Å². The standard InChI is InChI=1S/C36H48N2O10/c1-6-37-16-33(17-48-31(42)19-9-7-8-10-22(19)38-25(39)13-18(2)30(38)41)12-11-24(46-4)35-21-14-20-23(45-3)15-34(43,26(21)27(20)40)36(44,32(35)37)29(47-5)28(33)35/h7-10,18,20-21,23-24,26-29,32,40,43-44H,6,11-17H2,1-5H3/t18-,20+,21+,23-,24-,26+,27-,28+,29+,32?,33-,34+,35-,36+/m1/s1. The SMILES string of the molecule is CCN1C[C@@]2(COC(=O)c3ccccc3N3C(=O)C[C@@H](C)C3=O)CC[C@@H](OC)[C@@]34C1[C@@](O)([C@@H](OC)[C@@H]23)[C@]1(O)C[C@@H](OC)[C@@H]2C[C@H]4[C@H]1[C@@H]2O. The number of aliphatic hydroxyl groups excluding tert-OH is 1. The van der Waals surface area contributed by atoms with E-state index in [2.05, 4.69) is 4.90 Å². The summed E-state index contributed by atoms with van der Waals surface area (Å²) < 4.78 is 24.8. The summed E-state index contributed by atoms with van der Waals surface area (Å²) in [6.07, 6.45) is -0.287. The summed E-state index contributed by atoms with van der Waals surface area (Å²) in [4.78, 5) is 43.1. The van der Waals surface area contributed by atoms with Crippen molar-refractivity contribution in [3.63, 3.8) is 0 Å². The predicted octanol–water partition coefficient (Wildman–Crippen LogP) is 1.38. The van der Waals surface area contributed by atoms with Crippen LogP contribution in [-0.4, -0.2) is 121 Å². The van der Waals surface area contributed by atoms with Crippen LogP contribution in [0.3, 0.4) is 0 Å². The summed E-state index contributed by atoms with van der Waals surface area (Å²) in [5, 5.41) is 38.0. The molecule has 2 amide bonds. The number of piperidine rings is 1. The van der Waals surface area contributed by atoms with Crippen molar-refractivity contribution in [1.29, 1.82) is 0 Å². The molecular formula is C36H48N2O10. The van der Waals surface area contributed by atoms with Gasteiger partial charge in [-0.2, -0.15) is 0 Å². The van der Waals surface area contributed by atoms with E-state index in [1.807, 2.05) is 6.92 Å². The van der Waals surface area contributed by atoms with Crippen LogP contribution >= 0.6 is 0 Å². The van der Waals surface area contributed by atoms with Crippen molar-refractivity contribution in [2.24, 2.45) is 40.4 Å². The molecule has 1 spiro atoms. The lowest BCUT2D eigenvalue weighted by Gasteiger charge is -2.70. The van der Waals surface area contributed by atoms with Crippen LogP contribution in [0.15, 0.2) is 24.3 Å². The van der Waals surface area contributed by atoms with Gasteiger partial charge in [0.1, 0.15) is 11.2 Å². The highest BCUT2D eigenvalue weighted by Crippen LogP contribution is 2.80. The third kappa shape index (κ3) is 3.62. The second kappa shape index (κ2) is 10.8. The quantitative estimate of drug-likeness (QED) is 0.272. The van der Waals surface area contributed by atoms with Gasteiger partial charge in [0.05, 0.1) is 48.3 Å². The molecule has 2 saturated heterocycles. The molecule has 0 radical (unpaired) electrons. The molecule has 2 heterocycles.